The van der Waals surface area contributed by atoms with E-state index in [1.165, 1.54) is 64.2 Å². The first-order valence-corrected chi connectivity index (χ1v) is 22.6. The number of anilines is 6. The second kappa shape index (κ2) is 15.9. The quantitative estimate of drug-likeness (QED) is 0.143. The summed E-state index contributed by atoms with van der Waals surface area (Å²) in [5, 5.41) is 5.08. The molecule has 0 saturated heterocycles. The molecule has 64 heavy (non-hydrogen) atoms. The number of hydrogen-bond acceptors (Lipinski definition) is 3. The molecule has 3 nitrogen and oxygen atoms in total. The zero-order chi connectivity index (χ0) is 42.4. The van der Waals surface area contributed by atoms with Crippen molar-refractivity contribution >= 4 is 87.4 Å². The highest BCUT2D eigenvalue weighted by Crippen LogP contribution is 2.43. The summed E-state index contributed by atoms with van der Waals surface area (Å²) in [7, 11) is 0. The van der Waals surface area contributed by atoms with E-state index in [0.29, 0.717) is 0 Å². The summed E-state index contributed by atoms with van der Waals surface area (Å²) in [6, 6.07) is 89.9. The molecule has 0 fully saturated rings. The van der Waals surface area contributed by atoms with E-state index in [0.717, 1.165) is 39.8 Å². The highest BCUT2D eigenvalue weighted by Gasteiger charge is 2.19. The summed E-state index contributed by atoms with van der Waals surface area (Å²) < 4.78 is 5.04. The second-order valence-electron chi connectivity index (χ2n) is 16.2. The van der Waals surface area contributed by atoms with Gasteiger partial charge in [0.25, 0.3) is 0 Å². The molecule has 302 valence electrons. The predicted molar refractivity (Wildman–Crippen MR) is 274 cm³/mol. The van der Waals surface area contributed by atoms with Gasteiger partial charge in [0.2, 0.25) is 0 Å². The van der Waals surface area contributed by atoms with Crippen LogP contribution >= 0.6 is 11.3 Å². The average Bonchev–Trinajstić information content (AvgIpc) is 3.92. The number of aromatic nitrogens is 1. The average molecular weight is 836 g/mol. The lowest BCUT2D eigenvalue weighted by Crippen LogP contribution is -2.12. The number of fused-ring (bicyclic) bond motifs is 6. The van der Waals surface area contributed by atoms with Gasteiger partial charge in [0, 0.05) is 70.8 Å². The molecule has 10 aromatic carbocycles. The van der Waals surface area contributed by atoms with E-state index >= 15 is 0 Å². The summed E-state index contributed by atoms with van der Waals surface area (Å²) in [6.07, 6.45) is 0. The van der Waals surface area contributed by atoms with Gasteiger partial charge in [-0.3, -0.25) is 0 Å². The van der Waals surface area contributed by atoms with Crippen LogP contribution in [0.2, 0.25) is 0 Å². The van der Waals surface area contributed by atoms with Gasteiger partial charge in [-0.2, -0.15) is 0 Å². The molecule has 0 radical (unpaired) electrons. The summed E-state index contributed by atoms with van der Waals surface area (Å²) in [4.78, 5) is 4.69. The minimum Gasteiger partial charge on any atom is -0.311 e. The zero-order valence-electron chi connectivity index (χ0n) is 34.9. The maximum absolute atomic E-state index is 2.38. The monoisotopic (exact) mass is 835 g/mol. The molecule has 0 spiro atoms. The van der Waals surface area contributed by atoms with Crippen molar-refractivity contribution in [2.75, 3.05) is 9.80 Å². The Morgan fingerprint density at radius 2 is 0.750 bits per heavy atom. The van der Waals surface area contributed by atoms with Crippen LogP contribution in [0.4, 0.5) is 34.1 Å². The Balaban J connectivity index is 0.944. The summed E-state index contributed by atoms with van der Waals surface area (Å²) >= 11 is 1.88. The summed E-state index contributed by atoms with van der Waals surface area (Å²) in [5.41, 5.74) is 14.9. The maximum atomic E-state index is 2.38. The van der Waals surface area contributed by atoms with Crippen LogP contribution in [0.3, 0.4) is 0 Å². The molecule has 2 heterocycles. The van der Waals surface area contributed by atoms with E-state index in [2.05, 4.69) is 263 Å². The van der Waals surface area contributed by atoms with Crippen LogP contribution in [0.15, 0.2) is 249 Å². The van der Waals surface area contributed by atoms with Crippen molar-refractivity contribution in [1.29, 1.82) is 0 Å². The van der Waals surface area contributed by atoms with Crippen molar-refractivity contribution in [2.45, 2.75) is 0 Å². The Labute approximate surface area is 376 Å². The van der Waals surface area contributed by atoms with Gasteiger partial charge >= 0.3 is 0 Å². The Kier molecular flexibility index (Phi) is 9.36. The van der Waals surface area contributed by atoms with Crippen molar-refractivity contribution in [3.63, 3.8) is 0 Å². The Morgan fingerprint density at radius 1 is 0.297 bits per heavy atom. The van der Waals surface area contributed by atoms with Gasteiger partial charge in [-0.05, 0) is 125 Å². The van der Waals surface area contributed by atoms with Gasteiger partial charge in [-0.15, -0.1) is 11.3 Å². The van der Waals surface area contributed by atoms with Crippen LogP contribution in [0, 0.1) is 0 Å². The molecular weight excluding hydrogens is 795 g/mol. The lowest BCUT2D eigenvalue weighted by molar-refractivity contribution is 1.18. The van der Waals surface area contributed by atoms with Crippen LogP contribution in [-0.2, 0) is 0 Å². The number of thiophene rings is 1. The largest absolute Gasteiger partial charge is 0.311 e. The third-order valence-electron chi connectivity index (χ3n) is 12.4. The molecule has 0 atom stereocenters. The minimum absolute atomic E-state index is 1.07. The highest BCUT2D eigenvalue weighted by molar-refractivity contribution is 7.26. The van der Waals surface area contributed by atoms with Crippen molar-refractivity contribution in [3.05, 3.63) is 249 Å². The number of hydrogen-bond donors (Lipinski definition) is 0. The number of rotatable bonds is 9. The van der Waals surface area contributed by atoms with Crippen LogP contribution in [-0.4, -0.2) is 4.57 Å². The lowest BCUT2D eigenvalue weighted by atomic mass is 9.99. The Morgan fingerprint density at radius 3 is 1.41 bits per heavy atom. The van der Waals surface area contributed by atoms with E-state index in [-0.39, 0.29) is 0 Å². The molecule has 0 unspecified atom stereocenters. The molecule has 0 saturated carbocycles. The van der Waals surface area contributed by atoms with Gasteiger partial charge in [0.05, 0.1) is 11.0 Å². The van der Waals surface area contributed by atoms with E-state index in [1.54, 1.807) is 0 Å². The molecule has 4 heteroatoms. The first-order valence-electron chi connectivity index (χ1n) is 21.8. The number of para-hydroxylation sites is 4. The first kappa shape index (κ1) is 37.6. The Hall–Kier alpha value is -8.18. The fraction of sp³-hybridized carbons (Fsp3) is 0. The molecule has 2 aromatic heterocycles. The topological polar surface area (TPSA) is 11.4 Å². The molecule has 0 aliphatic heterocycles. The summed E-state index contributed by atoms with van der Waals surface area (Å²) in [5.74, 6) is 0. The number of benzene rings is 10. The standard InChI is InChI=1S/C60H41N3S/c1-4-15-45(16-5-1)61(46-17-6-2-7-18-46)49-35-37-50(38-36-49)62(51-39-40-58-56(41-51)53-21-10-12-25-57(53)63(58)47-19-8-3-9-20-47)48-33-31-43(32-34-48)42-27-29-44(30-28-42)52-23-14-24-55-54-22-11-13-26-59(54)64-60(52)55/h1-41H. The molecule has 0 aliphatic rings. The van der Waals surface area contributed by atoms with Gasteiger partial charge in [0.1, 0.15) is 0 Å². The molecule has 0 N–H and O–H groups in total. The van der Waals surface area contributed by atoms with Gasteiger partial charge in [0.15, 0.2) is 0 Å². The van der Waals surface area contributed by atoms with Crippen LogP contribution in [0.5, 0.6) is 0 Å². The zero-order valence-corrected chi connectivity index (χ0v) is 35.7. The molecular formula is C60H41N3S. The third-order valence-corrected chi connectivity index (χ3v) is 13.6. The van der Waals surface area contributed by atoms with Crippen LogP contribution in [0.25, 0.3) is 69.9 Å². The molecule has 0 amide bonds. The SMILES string of the molecule is c1ccc(N(c2ccccc2)c2ccc(N(c3ccc(-c4ccc(-c5cccc6c5sc5ccccc56)cc4)cc3)c3ccc4c(c3)c3ccccc3n4-c3ccccc3)cc2)cc1. The fourth-order valence-electron chi connectivity index (χ4n) is 9.37. The van der Waals surface area contributed by atoms with E-state index in [1.807, 2.05) is 11.3 Å². The number of nitrogens with zero attached hydrogens (tertiary/aromatic N) is 3. The van der Waals surface area contributed by atoms with Crippen molar-refractivity contribution in [3.8, 4) is 27.9 Å². The van der Waals surface area contributed by atoms with Gasteiger partial charge < -0.3 is 14.4 Å². The first-order chi connectivity index (χ1) is 31.7. The van der Waals surface area contributed by atoms with E-state index < -0.39 is 0 Å². The highest BCUT2D eigenvalue weighted by atomic mass is 32.1. The molecule has 0 aliphatic carbocycles. The summed E-state index contributed by atoms with van der Waals surface area (Å²) in [6.45, 7) is 0. The van der Waals surface area contributed by atoms with Crippen LogP contribution in [0.1, 0.15) is 0 Å². The predicted octanol–water partition coefficient (Wildman–Crippen LogP) is 17.4. The van der Waals surface area contributed by atoms with E-state index in [4.69, 9.17) is 0 Å². The normalized spacial score (nSPS) is 11.4. The van der Waals surface area contributed by atoms with Gasteiger partial charge in [-0.1, -0.05) is 146 Å². The second-order valence-corrected chi connectivity index (χ2v) is 17.2. The molecule has 0 bridgehead atoms. The fourth-order valence-corrected chi connectivity index (χ4v) is 10.6. The van der Waals surface area contributed by atoms with Crippen molar-refractivity contribution < 1.29 is 0 Å². The third kappa shape index (κ3) is 6.60. The van der Waals surface area contributed by atoms with E-state index in [9.17, 15) is 0 Å². The van der Waals surface area contributed by atoms with Crippen molar-refractivity contribution in [2.24, 2.45) is 0 Å². The smallest absolute Gasteiger partial charge is 0.0542 e. The maximum Gasteiger partial charge on any atom is 0.0542 e. The lowest BCUT2D eigenvalue weighted by Gasteiger charge is -2.28. The minimum atomic E-state index is 1.07. The van der Waals surface area contributed by atoms with Crippen molar-refractivity contribution in [1.82, 2.24) is 4.57 Å². The Bertz CT molecular complexity index is 3540. The van der Waals surface area contributed by atoms with Gasteiger partial charge in [-0.25, -0.2) is 0 Å². The molecule has 12 rings (SSSR count). The van der Waals surface area contributed by atoms with Crippen LogP contribution < -0.4 is 9.80 Å². The molecule has 12 aromatic rings.